The molecule has 5 N–H and O–H groups in total. The Morgan fingerprint density at radius 1 is 1.19 bits per heavy atom. The third kappa shape index (κ3) is 4.58. The highest BCUT2D eigenvalue weighted by Crippen LogP contribution is 2.23. The van der Waals surface area contributed by atoms with Crippen LogP contribution in [0.4, 0.5) is 11.8 Å². The minimum Gasteiger partial charge on any atom is -0.497 e. The zero-order valence-corrected chi connectivity index (χ0v) is 19.9. The molecular weight excluding hydrogens is 462 g/mol. The van der Waals surface area contributed by atoms with Crippen molar-refractivity contribution in [3.05, 3.63) is 53.8 Å². The molecule has 1 aromatic carbocycles. The number of piperazine rings is 1. The average molecular weight is 491 g/mol. The second-order valence-electron chi connectivity index (χ2n) is 8.34. The van der Waals surface area contributed by atoms with Crippen molar-refractivity contribution in [1.29, 1.82) is 0 Å². The predicted molar refractivity (Wildman–Crippen MR) is 134 cm³/mol. The number of carbonyl (C=O) groups is 1. The van der Waals surface area contributed by atoms with E-state index in [-0.39, 0.29) is 11.9 Å². The second kappa shape index (κ2) is 10.0. The van der Waals surface area contributed by atoms with Gasteiger partial charge in [-0.1, -0.05) is 0 Å². The molecule has 12 heteroatoms. The molecule has 0 bridgehead atoms. The molecule has 186 valence electrons. The molecule has 3 aromatic heterocycles. The number of nitrogens with two attached hydrogens (primary N) is 2. The van der Waals surface area contributed by atoms with E-state index in [1.165, 1.54) is 10.7 Å². The summed E-state index contributed by atoms with van der Waals surface area (Å²) in [5.74, 6) is 2.42. The number of methoxy groups -OCH3 is 1. The second-order valence-corrected chi connectivity index (χ2v) is 8.34. The fourth-order valence-corrected chi connectivity index (χ4v) is 4.20. The van der Waals surface area contributed by atoms with Crippen molar-refractivity contribution < 1.29 is 19.4 Å². The summed E-state index contributed by atoms with van der Waals surface area (Å²) in [6, 6.07) is 10.7. The van der Waals surface area contributed by atoms with Gasteiger partial charge < -0.3 is 25.1 Å². The molecule has 4 aromatic rings. The number of nitrogens with zero attached hydrogens (tertiary/aromatic N) is 6. The van der Waals surface area contributed by atoms with Crippen molar-refractivity contribution in [1.82, 2.24) is 29.4 Å². The monoisotopic (exact) mass is 490 g/mol. The van der Waals surface area contributed by atoms with E-state index in [1.54, 1.807) is 49.8 Å². The summed E-state index contributed by atoms with van der Waals surface area (Å²) < 4.78 is 12.0. The first-order valence-corrected chi connectivity index (χ1v) is 11.6. The molecule has 1 saturated heterocycles. The maximum Gasteiger partial charge on any atom is 0.253 e. The van der Waals surface area contributed by atoms with Gasteiger partial charge in [0.1, 0.15) is 17.1 Å². The Balaban J connectivity index is 1.18. The molecule has 1 fully saturated rings. The van der Waals surface area contributed by atoms with Crippen LogP contribution in [0.25, 0.3) is 17.2 Å². The highest BCUT2D eigenvalue weighted by Gasteiger charge is 2.23. The van der Waals surface area contributed by atoms with Crippen LogP contribution in [0, 0.1) is 0 Å². The Morgan fingerprint density at radius 3 is 2.64 bits per heavy atom. The van der Waals surface area contributed by atoms with Crippen LogP contribution in [0.1, 0.15) is 15.9 Å². The number of hydrogen-bond acceptors (Lipinski definition) is 9. The third-order valence-electron chi connectivity index (χ3n) is 6.17. The lowest BCUT2D eigenvalue weighted by Gasteiger charge is -2.34. The number of nitrogen functional groups attached to an aromatic ring is 1. The fourth-order valence-electron chi connectivity index (χ4n) is 4.20. The molecule has 0 aliphatic carbocycles. The first-order valence-electron chi connectivity index (χ1n) is 11.6. The molecule has 0 saturated carbocycles. The third-order valence-corrected chi connectivity index (χ3v) is 6.17. The number of benzene rings is 1. The van der Waals surface area contributed by atoms with Crippen molar-refractivity contribution in [3.63, 3.8) is 0 Å². The molecule has 36 heavy (non-hydrogen) atoms. The maximum absolute atomic E-state index is 12.8. The fraction of sp³-hybridized carbons (Fsp3) is 0.292. The van der Waals surface area contributed by atoms with Gasteiger partial charge in [-0.25, -0.2) is 4.98 Å². The topological polar surface area (TPSA) is 153 Å². The van der Waals surface area contributed by atoms with Gasteiger partial charge in [-0.15, -0.1) is 5.10 Å². The number of carbonyl (C=O) groups excluding carboxylic acids is 1. The van der Waals surface area contributed by atoms with E-state index in [9.17, 15) is 4.79 Å². The summed E-state index contributed by atoms with van der Waals surface area (Å²) >= 11 is 0. The van der Waals surface area contributed by atoms with Crippen LogP contribution in [0.5, 0.6) is 5.75 Å². The molecule has 1 aliphatic rings. The Labute approximate surface area is 207 Å². The van der Waals surface area contributed by atoms with Crippen molar-refractivity contribution in [3.8, 4) is 17.3 Å². The Bertz CT molecular complexity index is 1360. The van der Waals surface area contributed by atoms with E-state index >= 15 is 0 Å². The zero-order chi connectivity index (χ0) is 25.1. The first-order chi connectivity index (χ1) is 17.6. The summed E-state index contributed by atoms with van der Waals surface area (Å²) in [5.41, 5.74) is 7.90. The van der Waals surface area contributed by atoms with Crippen LogP contribution < -0.4 is 21.2 Å². The van der Waals surface area contributed by atoms with Gasteiger partial charge >= 0.3 is 0 Å². The first kappa shape index (κ1) is 23.3. The minimum absolute atomic E-state index is 0.0359. The largest absolute Gasteiger partial charge is 0.497 e. The van der Waals surface area contributed by atoms with Gasteiger partial charge in [0.05, 0.1) is 13.4 Å². The van der Waals surface area contributed by atoms with Crippen molar-refractivity contribution >= 4 is 29.5 Å². The summed E-state index contributed by atoms with van der Waals surface area (Å²) in [6.07, 6.45) is 2.99. The van der Waals surface area contributed by atoms with Crippen molar-refractivity contribution in [2.45, 2.75) is 0 Å². The quantitative estimate of drug-likeness (QED) is 0.290. The van der Waals surface area contributed by atoms with Crippen LogP contribution in [0.2, 0.25) is 0 Å². The summed E-state index contributed by atoms with van der Waals surface area (Å²) in [6.45, 7) is 4.29. The summed E-state index contributed by atoms with van der Waals surface area (Å²) in [4.78, 5) is 25.9. The van der Waals surface area contributed by atoms with E-state index in [2.05, 4.69) is 25.3 Å². The number of aromatic nitrogens is 4. The molecule has 0 radical (unpaired) electrons. The molecular formula is C24H28N9O3+. The maximum atomic E-state index is 12.8. The number of furan rings is 1. The Kier molecular flexibility index (Phi) is 6.50. The van der Waals surface area contributed by atoms with Gasteiger partial charge in [0, 0.05) is 44.8 Å². The molecule has 1 aliphatic heterocycles. The van der Waals surface area contributed by atoms with Gasteiger partial charge in [0.2, 0.25) is 11.8 Å². The predicted octanol–water partition coefficient (Wildman–Crippen LogP) is 0.0230. The lowest BCUT2D eigenvalue weighted by molar-refractivity contribution is -0.104. The molecule has 12 nitrogen and oxygen atoms in total. The van der Waals surface area contributed by atoms with Gasteiger partial charge in [0.15, 0.2) is 17.6 Å². The standard InChI is InChI=1S/C24H27N9O3/c1-35-17-6-4-16(5-7-17)23(34)32-12-10-31(11-13-32)9-8-27-20-18(15-25)22-28-21(19-3-2-14-36-19)30-33(22)24(26)29-20/h2-7,14-15,25,27H,8-13H2,1H3,(H2,26,29)/p+1. The number of nitrogens with one attached hydrogen (secondary N) is 1. The van der Waals surface area contributed by atoms with E-state index in [1.807, 2.05) is 4.90 Å². The molecule has 0 unspecified atom stereocenters. The van der Waals surface area contributed by atoms with Gasteiger partial charge in [-0.2, -0.15) is 9.50 Å². The summed E-state index contributed by atoms with van der Waals surface area (Å²) in [7, 11) is 1.61. The molecule has 5 rings (SSSR count). The summed E-state index contributed by atoms with van der Waals surface area (Å²) in [5, 5.41) is 13.6. The average Bonchev–Trinajstić information content (AvgIpc) is 3.60. The van der Waals surface area contributed by atoms with Crippen LogP contribution >= 0.6 is 0 Å². The van der Waals surface area contributed by atoms with Gasteiger partial charge in [-0.05, 0) is 36.4 Å². The Morgan fingerprint density at radius 2 is 1.97 bits per heavy atom. The number of amides is 1. The highest BCUT2D eigenvalue weighted by molar-refractivity contribution is 5.94. The van der Waals surface area contributed by atoms with Crippen LogP contribution in [-0.4, -0.2) is 87.9 Å². The van der Waals surface area contributed by atoms with E-state index in [0.29, 0.717) is 53.8 Å². The normalized spacial score (nSPS) is 14.2. The SMILES string of the molecule is COc1ccc(C(=O)N2CCN(CCNc3nc(N)n4nc(-c5ccco5)nc4c3C=[NH2+])CC2)cc1. The lowest BCUT2D eigenvalue weighted by Crippen LogP contribution is -2.49. The lowest BCUT2D eigenvalue weighted by atomic mass is 10.1. The van der Waals surface area contributed by atoms with E-state index in [0.717, 1.165) is 25.4 Å². The van der Waals surface area contributed by atoms with Gasteiger partial charge in [-0.3, -0.25) is 15.1 Å². The number of anilines is 2. The van der Waals surface area contributed by atoms with Crippen LogP contribution in [-0.2, 0) is 0 Å². The zero-order valence-electron chi connectivity index (χ0n) is 19.9. The number of ether oxygens (including phenoxy) is 1. The molecule has 0 atom stereocenters. The number of fused-ring (bicyclic) bond motifs is 1. The minimum atomic E-state index is 0.0359. The molecule has 0 spiro atoms. The highest BCUT2D eigenvalue weighted by atomic mass is 16.5. The molecule has 1 amide bonds. The van der Waals surface area contributed by atoms with Crippen LogP contribution in [0.3, 0.4) is 0 Å². The number of rotatable bonds is 8. The number of hydrogen-bond donors (Lipinski definition) is 3. The van der Waals surface area contributed by atoms with E-state index < -0.39 is 0 Å². The molecule has 4 heterocycles. The Hall–Kier alpha value is -4.45. The van der Waals surface area contributed by atoms with Crippen molar-refractivity contribution in [2.75, 3.05) is 57.4 Å². The van der Waals surface area contributed by atoms with E-state index in [4.69, 9.17) is 20.3 Å². The van der Waals surface area contributed by atoms with Crippen molar-refractivity contribution in [2.24, 2.45) is 0 Å². The van der Waals surface area contributed by atoms with Gasteiger partial charge in [0.25, 0.3) is 5.91 Å². The van der Waals surface area contributed by atoms with Crippen LogP contribution in [0.15, 0.2) is 47.1 Å². The smallest absolute Gasteiger partial charge is 0.253 e.